The van der Waals surface area contributed by atoms with Crippen LogP contribution in [0.1, 0.15) is 36.8 Å². The van der Waals surface area contributed by atoms with Crippen LogP contribution in [0.15, 0.2) is 24.3 Å². The SMILES string of the molecule is NC1(C(=O)N2Cc3ccccc3C[C@H]2C(=O)O)CCCC1. The lowest BCUT2D eigenvalue weighted by atomic mass is 9.90. The first-order valence-corrected chi connectivity index (χ1v) is 7.41. The molecule has 1 amide bonds. The summed E-state index contributed by atoms with van der Waals surface area (Å²) in [5.41, 5.74) is 7.38. The molecule has 1 saturated carbocycles. The molecule has 21 heavy (non-hydrogen) atoms. The molecule has 0 radical (unpaired) electrons. The minimum absolute atomic E-state index is 0.207. The van der Waals surface area contributed by atoms with Gasteiger partial charge in [0.05, 0.1) is 5.54 Å². The molecule has 2 aliphatic rings. The van der Waals surface area contributed by atoms with Crippen molar-refractivity contribution < 1.29 is 14.7 Å². The van der Waals surface area contributed by atoms with E-state index in [4.69, 9.17) is 5.73 Å². The number of hydrogen-bond acceptors (Lipinski definition) is 3. The van der Waals surface area contributed by atoms with Crippen LogP contribution < -0.4 is 5.73 Å². The Hall–Kier alpha value is -1.88. The Kier molecular flexibility index (Phi) is 3.45. The summed E-state index contributed by atoms with van der Waals surface area (Å²) >= 11 is 0. The van der Waals surface area contributed by atoms with Gasteiger partial charge in [0.1, 0.15) is 6.04 Å². The molecular formula is C16H20N2O3. The van der Waals surface area contributed by atoms with Crippen molar-refractivity contribution in [3.63, 3.8) is 0 Å². The minimum atomic E-state index is -0.959. The number of rotatable bonds is 2. The Morgan fingerprint density at radius 1 is 1.19 bits per heavy atom. The van der Waals surface area contributed by atoms with Crippen molar-refractivity contribution in [2.75, 3.05) is 0 Å². The quantitative estimate of drug-likeness (QED) is 0.859. The molecule has 5 heteroatoms. The van der Waals surface area contributed by atoms with E-state index < -0.39 is 17.6 Å². The first kappa shape index (κ1) is 14.1. The van der Waals surface area contributed by atoms with Gasteiger partial charge in [-0.05, 0) is 24.0 Å². The monoisotopic (exact) mass is 288 g/mol. The molecule has 0 unspecified atom stereocenters. The highest BCUT2D eigenvalue weighted by molar-refractivity contribution is 5.90. The first-order chi connectivity index (χ1) is 10.0. The zero-order valence-electron chi connectivity index (χ0n) is 11.9. The lowest BCUT2D eigenvalue weighted by molar-refractivity contribution is -0.154. The molecule has 1 fully saturated rings. The maximum Gasteiger partial charge on any atom is 0.326 e. The number of amides is 1. The average molecular weight is 288 g/mol. The molecule has 5 nitrogen and oxygen atoms in total. The van der Waals surface area contributed by atoms with E-state index in [0.29, 0.717) is 25.8 Å². The summed E-state index contributed by atoms with van der Waals surface area (Å²) in [4.78, 5) is 25.8. The van der Waals surface area contributed by atoms with E-state index in [1.807, 2.05) is 24.3 Å². The second-order valence-electron chi connectivity index (χ2n) is 6.12. The molecule has 0 saturated heterocycles. The van der Waals surface area contributed by atoms with Crippen LogP contribution in [0.2, 0.25) is 0 Å². The van der Waals surface area contributed by atoms with Gasteiger partial charge in [0.15, 0.2) is 0 Å². The van der Waals surface area contributed by atoms with Crippen molar-refractivity contribution in [3.05, 3.63) is 35.4 Å². The van der Waals surface area contributed by atoms with Gasteiger partial charge in [-0.15, -0.1) is 0 Å². The first-order valence-electron chi connectivity index (χ1n) is 7.41. The molecule has 3 rings (SSSR count). The number of hydrogen-bond donors (Lipinski definition) is 2. The van der Waals surface area contributed by atoms with Crippen LogP contribution in [-0.4, -0.2) is 33.5 Å². The zero-order valence-corrected chi connectivity index (χ0v) is 11.9. The molecule has 1 aliphatic heterocycles. The smallest absolute Gasteiger partial charge is 0.326 e. The third-order valence-electron chi connectivity index (χ3n) is 4.72. The van der Waals surface area contributed by atoms with Gasteiger partial charge in [-0.25, -0.2) is 4.79 Å². The Balaban J connectivity index is 1.92. The van der Waals surface area contributed by atoms with Gasteiger partial charge in [-0.1, -0.05) is 37.1 Å². The summed E-state index contributed by atoms with van der Waals surface area (Å²) in [5, 5.41) is 9.48. The Morgan fingerprint density at radius 3 is 2.43 bits per heavy atom. The van der Waals surface area contributed by atoms with Crippen LogP contribution in [0.4, 0.5) is 0 Å². The minimum Gasteiger partial charge on any atom is -0.480 e. The number of benzene rings is 1. The predicted molar refractivity (Wildman–Crippen MR) is 77.5 cm³/mol. The molecule has 1 aromatic carbocycles. The maximum atomic E-state index is 12.8. The molecule has 112 valence electrons. The zero-order chi connectivity index (χ0) is 15.0. The van der Waals surface area contributed by atoms with Crippen molar-refractivity contribution in [1.29, 1.82) is 0 Å². The second-order valence-corrected chi connectivity index (χ2v) is 6.12. The topological polar surface area (TPSA) is 83.6 Å². The Labute approximate surface area is 123 Å². The van der Waals surface area contributed by atoms with E-state index in [9.17, 15) is 14.7 Å². The van der Waals surface area contributed by atoms with Crippen LogP contribution in [0.3, 0.4) is 0 Å². The van der Waals surface area contributed by atoms with E-state index in [2.05, 4.69) is 0 Å². The van der Waals surface area contributed by atoms with E-state index in [1.54, 1.807) is 0 Å². The molecule has 1 aliphatic carbocycles. The highest BCUT2D eigenvalue weighted by Crippen LogP contribution is 2.32. The molecule has 1 aromatic rings. The van der Waals surface area contributed by atoms with Gasteiger partial charge in [0.2, 0.25) is 5.91 Å². The van der Waals surface area contributed by atoms with Crippen LogP contribution in [0.5, 0.6) is 0 Å². The molecular weight excluding hydrogens is 268 g/mol. The van der Waals surface area contributed by atoms with E-state index >= 15 is 0 Å². The number of nitrogens with two attached hydrogens (primary N) is 1. The van der Waals surface area contributed by atoms with Crippen LogP contribution >= 0.6 is 0 Å². The Morgan fingerprint density at radius 2 is 1.81 bits per heavy atom. The summed E-state index contributed by atoms with van der Waals surface area (Å²) < 4.78 is 0. The van der Waals surface area contributed by atoms with E-state index in [1.165, 1.54) is 4.90 Å². The van der Waals surface area contributed by atoms with Crippen molar-refractivity contribution in [1.82, 2.24) is 4.90 Å². The number of aliphatic carboxylic acids is 1. The standard InChI is InChI=1S/C16H20N2O3/c17-16(7-3-4-8-16)15(21)18-10-12-6-2-1-5-11(12)9-13(18)14(19)20/h1-2,5-6,13H,3-4,7-10,17H2,(H,19,20)/t13-/m0/s1. The third-order valence-corrected chi connectivity index (χ3v) is 4.72. The van der Waals surface area contributed by atoms with Crippen molar-refractivity contribution in [2.24, 2.45) is 5.73 Å². The van der Waals surface area contributed by atoms with E-state index in [-0.39, 0.29) is 5.91 Å². The van der Waals surface area contributed by atoms with Gasteiger partial charge in [0, 0.05) is 13.0 Å². The van der Waals surface area contributed by atoms with Crippen molar-refractivity contribution >= 4 is 11.9 Å². The molecule has 1 heterocycles. The summed E-state index contributed by atoms with van der Waals surface area (Å²) in [7, 11) is 0. The van der Waals surface area contributed by atoms with Crippen LogP contribution in [-0.2, 0) is 22.6 Å². The highest BCUT2D eigenvalue weighted by atomic mass is 16.4. The highest BCUT2D eigenvalue weighted by Gasteiger charge is 2.44. The summed E-state index contributed by atoms with van der Waals surface area (Å²) in [5.74, 6) is -1.17. The Bertz CT molecular complexity index is 579. The number of carboxylic acids is 1. The molecule has 3 N–H and O–H groups in total. The average Bonchev–Trinajstić information content (AvgIpc) is 2.93. The molecule has 1 atom stereocenters. The largest absolute Gasteiger partial charge is 0.480 e. The lowest BCUT2D eigenvalue weighted by Gasteiger charge is -2.38. The fraction of sp³-hybridized carbons (Fsp3) is 0.500. The van der Waals surface area contributed by atoms with Gasteiger partial charge in [0.25, 0.3) is 0 Å². The normalized spacial score (nSPS) is 23.7. The van der Waals surface area contributed by atoms with Gasteiger partial charge in [-0.2, -0.15) is 0 Å². The number of carbonyl (C=O) groups excluding carboxylic acids is 1. The third kappa shape index (κ3) is 2.42. The predicted octanol–water partition coefficient (Wildman–Crippen LogP) is 1.30. The lowest BCUT2D eigenvalue weighted by Crippen LogP contribution is -2.59. The van der Waals surface area contributed by atoms with Gasteiger partial charge in [-0.3, -0.25) is 4.79 Å². The fourth-order valence-electron chi connectivity index (χ4n) is 3.46. The summed E-state index contributed by atoms with van der Waals surface area (Å²) in [6.45, 7) is 0.338. The second kappa shape index (κ2) is 5.15. The van der Waals surface area contributed by atoms with Crippen molar-refractivity contribution in [3.8, 4) is 0 Å². The molecule has 0 aromatic heterocycles. The van der Waals surface area contributed by atoms with Gasteiger partial charge >= 0.3 is 5.97 Å². The summed E-state index contributed by atoms with van der Waals surface area (Å²) in [6, 6.07) is 6.88. The molecule has 0 bridgehead atoms. The van der Waals surface area contributed by atoms with E-state index in [0.717, 1.165) is 24.0 Å². The molecule has 0 spiro atoms. The maximum absolute atomic E-state index is 12.8. The fourth-order valence-corrected chi connectivity index (χ4v) is 3.46. The van der Waals surface area contributed by atoms with Crippen LogP contribution in [0, 0.1) is 0 Å². The number of carboxylic acid groups (broad SMARTS) is 1. The number of carbonyl (C=O) groups is 2. The van der Waals surface area contributed by atoms with Gasteiger partial charge < -0.3 is 15.7 Å². The number of fused-ring (bicyclic) bond motifs is 1. The van der Waals surface area contributed by atoms with Crippen LogP contribution in [0.25, 0.3) is 0 Å². The number of nitrogens with zero attached hydrogens (tertiary/aromatic N) is 1. The van der Waals surface area contributed by atoms with Crippen molar-refractivity contribution in [2.45, 2.75) is 50.2 Å². The summed E-state index contributed by atoms with van der Waals surface area (Å²) in [6.07, 6.45) is 3.52.